The third-order valence-corrected chi connectivity index (χ3v) is 4.15. The number of aryl methyl sites for hydroxylation is 1. The molecule has 0 N–H and O–H groups in total. The fraction of sp³-hybridized carbons (Fsp3) is 0.333. The second kappa shape index (κ2) is 9.64. The van der Waals surface area contributed by atoms with Crippen molar-refractivity contribution in [1.82, 2.24) is 4.90 Å². The Morgan fingerprint density at radius 2 is 1.96 bits per heavy atom. The van der Waals surface area contributed by atoms with E-state index in [0.29, 0.717) is 35.0 Å². The molecule has 1 heterocycles. The summed E-state index contributed by atoms with van der Waals surface area (Å²) in [6, 6.07) is 7.09. The van der Waals surface area contributed by atoms with Crippen LogP contribution < -0.4 is 9.47 Å². The van der Waals surface area contributed by atoms with Crippen LogP contribution in [0.15, 0.2) is 41.3 Å². The van der Waals surface area contributed by atoms with Gasteiger partial charge in [0.15, 0.2) is 18.1 Å². The molecule has 150 valence electrons. The van der Waals surface area contributed by atoms with Crippen molar-refractivity contribution in [1.29, 1.82) is 0 Å². The molecular formula is C21H25NO6. The lowest BCUT2D eigenvalue weighted by atomic mass is 10.1. The zero-order valence-electron chi connectivity index (χ0n) is 16.6. The molecular weight excluding hydrogens is 362 g/mol. The summed E-state index contributed by atoms with van der Waals surface area (Å²) in [5.41, 5.74) is 1.39. The molecule has 1 aromatic carbocycles. The Balaban J connectivity index is 1.98. The molecule has 1 amide bonds. The van der Waals surface area contributed by atoms with E-state index in [4.69, 9.17) is 18.6 Å². The van der Waals surface area contributed by atoms with Gasteiger partial charge in [0.2, 0.25) is 0 Å². The zero-order chi connectivity index (χ0) is 20.7. The molecule has 0 radical (unpaired) electrons. The number of benzene rings is 1. The fourth-order valence-corrected chi connectivity index (χ4v) is 2.63. The van der Waals surface area contributed by atoms with Crippen LogP contribution in [0.3, 0.4) is 0 Å². The van der Waals surface area contributed by atoms with Gasteiger partial charge in [-0.1, -0.05) is 12.1 Å². The van der Waals surface area contributed by atoms with Gasteiger partial charge < -0.3 is 23.5 Å². The van der Waals surface area contributed by atoms with Gasteiger partial charge in [-0.3, -0.25) is 4.79 Å². The molecule has 0 fully saturated rings. The molecule has 0 aliphatic heterocycles. The van der Waals surface area contributed by atoms with Gasteiger partial charge in [-0.2, -0.15) is 0 Å². The van der Waals surface area contributed by atoms with Crippen molar-refractivity contribution >= 4 is 11.9 Å². The molecule has 0 unspecified atom stereocenters. The van der Waals surface area contributed by atoms with Crippen molar-refractivity contribution in [3.8, 4) is 11.5 Å². The number of hydrogen-bond acceptors (Lipinski definition) is 6. The molecule has 2 aromatic rings. The summed E-state index contributed by atoms with van der Waals surface area (Å²) in [5, 5.41) is 0. The minimum Gasteiger partial charge on any atom is -0.493 e. The molecule has 0 spiro atoms. The maximum Gasteiger partial charge on any atom is 0.341 e. The predicted molar refractivity (Wildman–Crippen MR) is 104 cm³/mol. The lowest BCUT2D eigenvalue weighted by Crippen LogP contribution is -2.30. The molecule has 28 heavy (non-hydrogen) atoms. The zero-order valence-corrected chi connectivity index (χ0v) is 16.6. The van der Waals surface area contributed by atoms with E-state index in [1.54, 1.807) is 39.3 Å². The van der Waals surface area contributed by atoms with Gasteiger partial charge in [-0.15, -0.1) is 6.58 Å². The number of ether oxygens (including phenoxy) is 3. The highest BCUT2D eigenvalue weighted by Crippen LogP contribution is 2.28. The smallest absolute Gasteiger partial charge is 0.341 e. The summed E-state index contributed by atoms with van der Waals surface area (Å²) in [6.45, 7) is 5.43. The molecule has 1 aromatic heterocycles. The third-order valence-electron chi connectivity index (χ3n) is 4.15. The largest absolute Gasteiger partial charge is 0.493 e. The van der Waals surface area contributed by atoms with Crippen molar-refractivity contribution in [3.05, 3.63) is 59.6 Å². The summed E-state index contributed by atoms with van der Waals surface area (Å²) < 4.78 is 21.2. The summed E-state index contributed by atoms with van der Waals surface area (Å²) in [6.07, 6.45) is 2.52. The first-order chi connectivity index (χ1) is 13.4. The second-order valence-corrected chi connectivity index (χ2v) is 6.19. The highest BCUT2D eigenvalue weighted by atomic mass is 16.5. The van der Waals surface area contributed by atoms with Crippen LogP contribution >= 0.6 is 0 Å². The highest BCUT2D eigenvalue weighted by Gasteiger charge is 2.18. The first kappa shape index (κ1) is 21.1. The highest BCUT2D eigenvalue weighted by molar-refractivity contribution is 5.90. The Kier molecular flexibility index (Phi) is 7.26. The normalized spacial score (nSPS) is 10.3. The summed E-state index contributed by atoms with van der Waals surface area (Å²) in [7, 11) is 4.48. The van der Waals surface area contributed by atoms with Gasteiger partial charge in [0, 0.05) is 7.05 Å². The van der Waals surface area contributed by atoms with E-state index in [0.717, 1.165) is 5.56 Å². The van der Waals surface area contributed by atoms with E-state index in [-0.39, 0.29) is 19.1 Å². The molecule has 0 atom stereocenters. The van der Waals surface area contributed by atoms with Crippen LogP contribution in [-0.2, 0) is 22.5 Å². The molecule has 0 saturated carbocycles. The van der Waals surface area contributed by atoms with Crippen LogP contribution in [-0.4, -0.2) is 44.7 Å². The second-order valence-electron chi connectivity index (χ2n) is 6.19. The van der Waals surface area contributed by atoms with Crippen LogP contribution in [0.2, 0.25) is 0 Å². The van der Waals surface area contributed by atoms with Crippen LogP contribution in [0, 0.1) is 6.92 Å². The van der Waals surface area contributed by atoms with Gasteiger partial charge >= 0.3 is 5.97 Å². The third kappa shape index (κ3) is 5.16. The Hall–Kier alpha value is -3.22. The van der Waals surface area contributed by atoms with Crippen molar-refractivity contribution in [2.45, 2.75) is 19.9 Å². The number of carbonyl (C=O) groups excluding carboxylic acids is 2. The molecule has 0 aliphatic rings. The van der Waals surface area contributed by atoms with Gasteiger partial charge in [0.05, 0.1) is 20.8 Å². The average molecular weight is 387 g/mol. The van der Waals surface area contributed by atoms with Crippen molar-refractivity contribution < 1.29 is 28.2 Å². The lowest BCUT2D eigenvalue weighted by Gasteiger charge is -2.17. The Labute approximate surface area is 164 Å². The lowest BCUT2D eigenvalue weighted by molar-refractivity contribution is -0.132. The molecule has 0 aliphatic carbocycles. The summed E-state index contributed by atoms with van der Waals surface area (Å²) in [5.74, 6) is 1.25. The molecule has 0 saturated heterocycles. The van der Waals surface area contributed by atoms with E-state index in [1.165, 1.54) is 12.0 Å². The Morgan fingerprint density at radius 1 is 1.21 bits per heavy atom. The first-order valence-electron chi connectivity index (χ1n) is 8.71. The topological polar surface area (TPSA) is 78.2 Å². The van der Waals surface area contributed by atoms with Gasteiger partial charge in [0.1, 0.15) is 17.1 Å². The number of hydrogen-bond donors (Lipinski definition) is 0. The van der Waals surface area contributed by atoms with Crippen LogP contribution in [0.5, 0.6) is 11.5 Å². The van der Waals surface area contributed by atoms with Crippen molar-refractivity contribution in [2.75, 3.05) is 27.9 Å². The standard InChI is InChI=1S/C21H25NO6/c1-6-7-15-8-9-18(19(10-15)25-4)27-13-20(23)22(3)12-16-11-17(14(2)28-16)21(24)26-5/h6,8-11H,1,7,12-13H2,2-5H3. The van der Waals surface area contributed by atoms with E-state index >= 15 is 0 Å². The number of rotatable bonds is 9. The minimum absolute atomic E-state index is 0.156. The number of allylic oxidation sites excluding steroid dienone is 1. The number of nitrogens with zero attached hydrogens (tertiary/aromatic N) is 1. The maximum absolute atomic E-state index is 12.4. The van der Waals surface area contributed by atoms with Crippen molar-refractivity contribution in [2.24, 2.45) is 0 Å². The number of likely N-dealkylation sites (N-methyl/N-ethyl adjacent to an activating group) is 1. The molecule has 7 nitrogen and oxygen atoms in total. The van der Waals surface area contributed by atoms with Crippen LogP contribution in [0.1, 0.15) is 27.4 Å². The molecule has 7 heteroatoms. The van der Waals surface area contributed by atoms with Gasteiger partial charge in [0.25, 0.3) is 5.91 Å². The molecule has 0 bridgehead atoms. The number of amides is 1. The van der Waals surface area contributed by atoms with E-state index in [2.05, 4.69) is 6.58 Å². The van der Waals surface area contributed by atoms with Crippen LogP contribution in [0.25, 0.3) is 0 Å². The van der Waals surface area contributed by atoms with E-state index in [1.807, 2.05) is 12.1 Å². The van der Waals surface area contributed by atoms with E-state index < -0.39 is 5.97 Å². The number of methoxy groups -OCH3 is 2. The van der Waals surface area contributed by atoms with Crippen LogP contribution in [0.4, 0.5) is 0 Å². The first-order valence-corrected chi connectivity index (χ1v) is 8.71. The van der Waals surface area contributed by atoms with Gasteiger partial charge in [-0.25, -0.2) is 4.79 Å². The maximum atomic E-state index is 12.4. The number of furan rings is 1. The quantitative estimate of drug-likeness (QED) is 0.486. The monoisotopic (exact) mass is 387 g/mol. The molecule has 2 rings (SSSR count). The summed E-state index contributed by atoms with van der Waals surface area (Å²) in [4.78, 5) is 25.5. The van der Waals surface area contributed by atoms with Gasteiger partial charge in [-0.05, 0) is 37.1 Å². The fourth-order valence-electron chi connectivity index (χ4n) is 2.63. The SMILES string of the molecule is C=CCc1ccc(OCC(=O)N(C)Cc2cc(C(=O)OC)c(C)o2)c(OC)c1. The Morgan fingerprint density at radius 3 is 2.61 bits per heavy atom. The number of esters is 1. The van der Waals surface area contributed by atoms with E-state index in [9.17, 15) is 9.59 Å². The van der Waals surface area contributed by atoms with Crippen molar-refractivity contribution in [3.63, 3.8) is 0 Å². The predicted octanol–water partition coefficient (Wildman–Crippen LogP) is 3.15. The average Bonchev–Trinajstić information content (AvgIpc) is 3.06. The minimum atomic E-state index is -0.475. The summed E-state index contributed by atoms with van der Waals surface area (Å²) >= 11 is 0. The number of carbonyl (C=O) groups is 2. The Bertz CT molecular complexity index is 855.